The van der Waals surface area contributed by atoms with Gasteiger partial charge in [-0.2, -0.15) is 13.2 Å². The summed E-state index contributed by atoms with van der Waals surface area (Å²) in [4.78, 5) is 11.6. The summed E-state index contributed by atoms with van der Waals surface area (Å²) in [5.74, 6) is 0. The van der Waals surface area contributed by atoms with E-state index < -0.39 is 23.4 Å². The standard InChI is InChI=1S/C13H16F3N3O2.ClH/c14-13(15,16)9-2-1-3-10(6-9)19-11(20)18-8-12(21)4-5-17-7-12;/h1-3,6,17,21H,4-5,7-8H2,(H2,18,19,20);1H. The first-order valence-corrected chi connectivity index (χ1v) is 6.44. The Morgan fingerprint density at radius 3 is 2.73 bits per heavy atom. The number of aliphatic hydroxyl groups is 1. The van der Waals surface area contributed by atoms with Crippen LogP contribution in [0.3, 0.4) is 0 Å². The molecule has 4 N–H and O–H groups in total. The number of alkyl halides is 3. The maximum atomic E-state index is 12.5. The maximum Gasteiger partial charge on any atom is 0.416 e. The third-order valence-corrected chi connectivity index (χ3v) is 3.25. The van der Waals surface area contributed by atoms with Crippen LogP contribution in [0.5, 0.6) is 0 Å². The zero-order chi connectivity index (χ0) is 15.5. The van der Waals surface area contributed by atoms with Crippen LogP contribution >= 0.6 is 12.4 Å². The van der Waals surface area contributed by atoms with Gasteiger partial charge in [0.2, 0.25) is 0 Å². The van der Waals surface area contributed by atoms with Gasteiger partial charge in [0.1, 0.15) is 0 Å². The number of carbonyl (C=O) groups excluding carboxylic acids is 1. The van der Waals surface area contributed by atoms with E-state index in [1.807, 2.05) is 0 Å². The fraction of sp³-hybridized carbons (Fsp3) is 0.462. The highest BCUT2D eigenvalue weighted by molar-refractivity contribution is 5.89. The van der Waals surface area contributed by atoms with Crippen molar-refractivity contribution in [1.82, 2.24) is 10.6 Å². The van der Waals surface area contributed by atoms with Crippen LogP contribution < -0.4 is 16.0 Å². The number of halogens is 4. The molecule has 2 amide bonds. The molecule has 1 aliphatic rings. The third-order valence-electron chi connectivity index (χ3n) is 3.25. The maximum absolute atomic E-state index is 12.5. The molecule has 1 heterocycles. The van der Waals surface area contributed by atoms with Crippen molar-refractivity contribution in [3.05, 3.63) is 29.8 Å². The second kappa shape index (κ2) is 7.17. The highest BCUT2D eigenvalue weighted by atomic mass is 35.5. The molecule has 9 heteroatoms. The first kappa shape index (κ1) is 18.5. The Hall–Kier alpha value is -1.51. The number of carbonyl (C=O) groups is 1. The minimum absolute atomic E-state index is 0. The van der Waals surface area contributed by atoms with E-state index in [4.69, 9.17) is 0 Å². The van der Waals surface area contributed by atoms with Gasteiger partial charge in [-0.3, -0.25) is 0 Å². The number of rotatable bonds is 3. The molecule has 22 heavy (non-hydrogen) atoms. The normalized spacial score (nSPS) is 21.1. The summed E-state index contributed by atoms with van der Waals surface area (Å²) in [6.45, 7) is 1.06. The fourth-order valence-corrected chi connectivity index (χ4v) is 2.07. The van der Waals surface area contributed by atoms with E-state index in [1.165, 1.54) is 12.1 Å². The van der Waals surface area contributed by atoms with Crippen molar-refractivity contribution in [3.63, 3.8) is 0 Å². The van der Waals surface area contributed by atoms with Gasteiger partial charge in [0.05, 0.1) is 11.2 Å². The van der Waals surface area contributed by atoms with Gasteiger partial charge in [-0.1, -0.05) is 6.07 Å². The van der Waals surface area contributed by atoms with Crippen LogP contribution in [-0.4, -0.2) is 36.4 Å². The molecule has 1 aromatic carbocycles. The lowest BCUT2D eigenvalue weighted by Crippen LogP contribution is -2.45. The van der Waals surface area contributed by atoms with Crippen molar-refractivity contribution in [2.24, 2.45) is 0 Å². The third kappa shape index (κ3) is 5.04. The smallest absolute Gasteiger partial charge is 0.387 e. The quantitative estimate of drug-likeness (QED) is 0.680. The molecule has 0 saturated carbocycles. The lowest BCUT2D eigenvalue weighted by molar-refractivity contribution is -0.137. The molecular formula is C13H17ClF3N3O2. The van der Waals surface area contributed by atoms with Gasteiger partial charge in [0, 0.05) is 18.8 Å². The van der Waals surface area contributed by atoms with Gasteiger partial charge in [-0.25, -0.2) is 4.79 Å². The van der Waals surface area contributed by atoms with Crippen molar-refractivity contribution in [2.45, 2.75) is 18.2 Å². The van der Waals surface area contributed by atoms with E-state index in [0.717, 1.165) is 12.1 Å². The number of β-amino-alcohol motifs (C(OH)–C–C–N with tert-alkyl or cyclic N) is 1. The largest absolute Gasteiger partial charge is 0.416 e. The second-order valence-corrected chi connectivity index (χ2v) is 5.04. The molecular weight excluding hydrogens is 323 g/mol. The van der Waals surface area contributed by atoms with Crippen LogP contribution in [0.25, 0.3) is 0 Å². The van der Waals surface area contributed by atoms with Gasteiger partial charge in [-0.05, 0) is 31.2 Å². The number of hydrogen-bond donors (Lipinski definition) is 4. The van der Waals surface area contributed by atoms with E-state index in [0.29, 0.717) is 19.5 Å². The van der Waals surface area contributed by atoms with Crippen LogP contribution in [0, 0.1) is 0 Å². The molecule has 1 unspecified atom stereocenters. The van der Waals surface area contributed by atoms with Crippen LogP contribution in [0.2, 0.25) is 0 Å². The molecule has 2 rings (SSSR count). The lowest BCUT2D eigenvalue weighted by atomic mass is 10.0. The molecule has 0 bridgehead atoms. The van der Waals surface area contributed by atoms with Crippen LogP contribution in [-0.2, 0) is 6.18 Å². The zero-order valence-corrected chi connectivity index (χ0v) is 12.4. The molecule has 1 saturated heterocycles. The minimum Gasteiger partial charge on any atom is -0.387 e. The molecule has 0 aromatic heterocycles. The first-order valence-electron chi connectivity index (χ1n) is 6.44. The molecule has 1 fully saturated rings. The molecule has 1 atom stereocenters. The number of amides is 2. The number of urea groups is 1. The van der Waals surface area contributed by atoms with Crippen molar-refractivity contribution in [2.75, 3.05) is 25.0 Å². The number of hydrogen-bond acceptors (Lipinski definition) is 3. The molecule has 124 valence electrons. The van der Waals surface area contributed by atoms with Crippen molar-refractivity contribution < 1.29 is 23.1 Å². The molecule has 5 nitrogen and oxygen atoms in total. The van der Waals surface area contributed by atoms with Crippen molar-refractivity contribution >= 4 is 24.1 Å². The topological polar surface area (TPSA) is 73.4 Å². The highest BCUT2D eigenvalue weighted by Gasteiger charge is 2.32. The van der Waals surface area contributed by atoms with E-state index in [1.54, 1.807) is 0 Å². The average molecular weight is 340 g/mol. The Labute approximate surface area is 131 Å². The van der Waals surface area contributed by atoms with Gasteiger partial charge >= 0.3 is 12.2 Å². The Morgan fingerprint density at radius 2 is 2.14 bits per heavy atom. The van der Waals surface area contributed by atoms with Crippen LogP contribution in [0.1, 0.15) is 12.0 Å². The summed E-state index contributed by atoms with van der Waals surface area (Å²) < 4.78 is 37.6. The van der Waals surface area contributed by atoms with E-state index >= 15 is 0 Å². The summed E-state index contributed by atoms with van der Waals surface area (Å²) in [5, 5.41) is 17.7. The van der Waals surface area contributed by atoms with E-state index in [9.17, 15) is 23.1 Å². The zero-order valence-electron chi connectivity index (χ0n) is 11.5. The number of nitrogens with one attached hydrogen (secondary N) is 3. The Bertz CT molecular complexity index is 519. The predicted octanol–water partition coefficient (Wildman–Crippen LogP) is 1.97. The van der Waals surface area contributed by atoms with Crippen molar-refractivity contribution in [1.29, 1.82) is 0 Å². The molecule has 1 aromatic rings. The number of anilines is 1. The second-order valence-electron chi connectivity index (χ2n) is 5.04. The first-order chi connectivity index (χ1) is 9.78. The van der Waals surface area contributed by atoms with Gasteiger partial charge in [0.25, 0.3) is 0 Å². The summed E-state index contributed by atoms with van der Waals surface area (Å²) in [6, 6.07) is 3.70. The summed E-state index contributed by atoms with van der Waals surface area (Å²) in [6.07, 6.45) is -3.95. The van der Waals surface area contributed by atoms with Crippen LogP contribution in [0.4, 0.5) is 23.7 Å². The van der Waals surface area contributed by atoms with Gasteiger partial charge < -0.3 is 21.1 Å². The van der Waals surface area contributed by atoms with Gasteiger partial charge in [-0.15, -0.1) is 12.4 Å². The Kier molecular flexibility index (Phi) is 6.04. The molecule has 0 radical (unpaired) electrons. The van der Waals surface area contributed by atoms with E-state index in [-0.39, 0.29) is 24.6 Å². The summed E-state index contributed by atoms with van der Waals surface area (Å²) in [5.41, 5.74) is -1.80. The lowest BCUT2D eigenvalue weighted by Gasteiger charge is -2.21. The van der Waals surface area contributed by atoms with E-state index in [2.05, 4.69) is 16.0 Å². The highest BCUT2D eigenvalue weighted by Crippen LogP contribution is 2.30. The SMILES string of the molecule is Cl.O=C(NCC1(O)CCNC1)Nc1cccc(C(F)(F)F)c1. The molecule has 0 spiro atoms. The monoisotopic (exact) mass is 339 g/mol. The average Bonchev–Trinajstić information content (AvgIpc) is 2.83. The Balaban J connectivity index is 0.00000242. The van der Waals surface area contributed by atoms with Crippen LogP contribution in [0.15, 0.2) is 24.3 Å². The molecule has 1 aliphatic heterocycles. The fourth-order valence-electron chi connectivity index (χ4n) is 2.07. The Morgan fingerprint density at radius 1 is 1.41 bits per heavy atom. The van der Waals surface area contributed by atoms with Gasteiger partial charge in [0.15, 0.2) is 0 Å². The summed E-state index contributed by atoms with van der Waals surface area (Å²) in [7, 11) is 0. The van der Waals surface area contributed by atoms with Crippen molar-refractivity contribution in [3.8, 4) is 0 Å². The summed E-state index contributed by atoms with van der Waals surface area (Å²) >= 11 is 0. The predicted molar refractivity (Wildman–Crippen MR) is 78.1 cm³/mol. The molecule has 0 aliphatic carbocycles. The minimum atomic E-state index is -4.46. The number of benzene rings is 1.